The van der Waals surface area contributed by atoms with Crippen molar-refractivity contribution in [2.45, 2.75) is 62.3 Å². The lowest BCUT2D eigenvalue weighted by molar-refractivity contribution is -0.152. The standard InChI is InChI=1S/C16H21ClN4O5/c1-14(26,3-13(24)25)2-11(22)19-15-7-16(8-15,9-15)20-12(23)6-21-5-10(17)4-18-21/h4-5,26H,2-3,6-9H2,1H3,(H,19,22)(H,20,23)(H,24,25). The third kappa shape index (κ3) is 3.99. The van der Waals surface area contributed by atoms with E-state index in [1.54, 1.807) is 6.20 Å². The van der Waals surface area contributed by atoms with Gasteiger partial charge < -0.3 is 20.8 Å². The fourth-order valence-electron chi connectivity index (χ4n) is 4.03. The van der Waals surface area contributed by atoms with Crippen molar-refractivity contribution < 1.29 is 24.6 Å². The quantitative estimate of drug-likeness (QED) is 0.500. The molecule has 1 unspecified atom stereocenters. The molecule has 1 aromatic rings. The van der Waals surface area contributed by atoms with Crippen LogP contribution in [0.15, 0.2) is 12.4 Å². The van der Waals surface area contributed by atoms with E-state index in [1.807, 2.05) is 0 Å². The SMILES string of the molecule is CC(O)(CC(=O)O)CC(=O)NC12CC(NC(=O)Cn3cc(Cl)cn3)(C1)C2. The maximum atomic E-state index is 12.1. The summed E-state index contributed by atoms with van der Waals surface area (Å²) in [5.74, 6) is -1.72. The molecule has 0 aliphatic heterocycles. The largest absolute Gasteiger partial charge is 0.481 e. The fourth-order valence-corrected chi connectivity index (χ4v) is 4.19. The number of hydrogen-bond donors (Lipinski definition) is 4. The molecule has 0 spiro atoms. The van der Waals surface area contributed by atoms with E-state index < -0.39 is 18.0 Å². The molecule has 9 nitrogen and oxygen atoms in total. The number of rotatable bonds is 8. The molecule has 1 aromatic heterocycles. The van der Waals surface area contributed by atoms with Gasteiger partial charge in [0.25, 0.3) is 0 Å². The number of nitrogens with zero attached hydrogens (tertiary/aromatic N) is 2. The number of halogens is 1. The Balaban J connectivity index is 1.43. The molecular formula is C16H21ClN4O5. The van der Waals surface area contributed by atoms with E-state index in [1.165, 1.54) is 17.8 Å². The van der Waals surface area contributed by atoms with Gasteiger partial charge >= 0.3 is 5.97 Å². The van der Waals surface area contributed by atoms with E-state index in [9.17, 15) is 19.5 Å². The third-order valence-electron chi connectivity index (χ3n) is 4.82. The third-order valence-corrected chi connectivity index (χ3v) is 5.02. The number of nitrogens with one attached hydrogen (secondary N) is 2. The number of aliphatic carboxylic acids is 1. The van der Waals surface area contributed by atoms with Gasteiger partial charge in [0, 0.05) is 17.3 Å². The van der Waals surface area contributed by atoms with Crippen molar-refractivity contribution in [3.63, 3.8) is 0 Å². The van der Waals surface area contributed by atoms with Gasteiger partial charge in [0.2, 0.25) is 11.8 Å². The maximum absolute atomic E-state index is 12.1. The first-order chi connectivity index (χ1) is 12.0. The van der Waals surface area contributed by atoms with Crippen molar-refractivity contribution in [1.29, 1.82) is 0 Å². The molecule has 4 rings (SSSR count). The van der Waals surface area contributed by atoms with E-state index in [4.69, 9.17) is 16.7 Å². The highest BCUT2D eigenvalue weighted by Gasteiger charge is 2.69. The minimum atomic E-state index is -1.59. The zero-order chi connectivity index (χ0) is 19.2. The van der Waals surface area contributed by atoms with Gasteiger partial charge in [-0.25, -0.2) is 0 Å². The van der Waals surface area contributed by atoms with Crippen molar-refractivity contribution in [3.8, 4) is 0 Å². The van der Waals surface area contributed by atoms with E-state index in [0.717, 1.165) is 0 Å². The number of aliphatic hydroxyl groups is 1. The summed E-state index contributed by atoms with van der Waals surface area (Å²) in [6.45, 7) is 1.40. The van der Waals surface area contributed by atoms with Gasteiger partial charge in [-0.2, -0.15) is 5.10 Å². The van der Waals surface area contributed by atoms with Crippen LogP contribution in [0.25, 0.3) is 0 Å². The second kappa shape index (κ2) is 6.24. The first kappa shape index (κ1) is 18.7. The topological polar surface area (TPSA) is 134 Å². The molecule has 3 aliphatic carbocycles. The maximum Gasteiger partial charge on any atom is 0.306 e. The van der Waals surface area contributed by atoms with E-state index in [2.05, 4.69) is 15.7 Å². The predicted molar refractivity (Wildman–Crippen MR) is 90.3 cm³/mol. The average Bonchev–Trinajstić information content (AvgIpc) is 2.77. The van der Waals surface area contributed by atoms with Gasteiger partial charge in [-0.05, 0) is 26.2 Å². The zero-order valence-corrected chi connectivity index (χ0v) is 15.0. The molecule has 1 heterocycles. The molecule has 142 valence electrons. The molecule has 26 heavy (non-hydrogen) atoms. The molecule has 1 atom stereocenters. The summed E-state index contributed by atoms with van der Waals surface area (Å²) in [6.07, 6.45) is 4.12. The first-order valence-corrected chi connectivity index (χ1v) is 8.63. The number of carboxylic acid groups (broad SMARTS) is 1. The summed E-state index contributed by atoms with van der Waals surface area (Å²) in [4.78, 5) is 34.8. The van der Waals surface area contributed by atoms with Gasteiger partial charge in [-0.1, -0.05) is 11.6 Å². The van der Waals surface area contributed by atoms with Crippen molar-refractivity contribution >= 4 is 29.4 Å². The molecule has 3 aliphatic rings. The van der Waals surface area contributed by atoms with Gasteiger partial charge in [0.15, 0.2) is 0 Å². The molecular weight excluding hydrogens is 364 g/mol. The molecule has 10 heteroatoms. The number of aromatic nitrogens is 2. The van der Waals surface area contributed by atoms with Crippen molar-refractivity contribution in [3.05, 3.63) is 17.4 Å². The van der Waals surface area contributed by atoms with Crippen molar-refractivity contribution in [1.82, 2.24) is 20.4 Å². The van der Waals surface area contributed by atoms with Crippen LogP contribution in [-0.2, 0) is 20.9 Å². The molecule has 2 bridgehead atoms. The lowest BCUT2D eigenvalue weighted by Gasteiger charge is -2.70. The predicted octanol–water partition coefficient (Wildman–Crippen LogP) is 0.0598. The second-order valence-electron chi connectivity index (χ2n) is 7.79. The Bertz CT molecular complexity index is 740. The summed E-state index contributed by atoms with van der Waals surface area (Å²) in [6, 6.07) is 0. The highest BCUT2D eigenvalue weighted by atomic mass is 35.5. The summed E-state index contributed by atoms with van der Waals surface area (Å²) >= 11 is 5.76. The van der Waals surface area contributed by atoms with E-state index in [-0.39, 0.29) is 35.9 Å². The molecule has 2 amide bonds. The van der Waals surface area contributed by atoms with Crippen molar-refractivity contribution in [2.24, 2.45) is 0 Å². The normalized spacial score (nSPS) is 28.3. The van der Waals surface area contributed by atoms with E-state index >= 15 is 0 Å². The zero-order valence-electron chi connectivity index (χ0n) is 14.3. The van der Waals surface area contributed by atoms with Crippen LogP contribution in [0.1, 0.15) is 39.0 Å². The van der Waals surface area contributed by atoms with Gasteiger partial charge in [0.05, 0.1) is 29.7 Å². The smallest absolute Gasteiger partial charge is 0.306 e. The van der Waals surface area contributed by atoms with Gasteiger partial charge in [-0.15, -0.1) is 0 Å². The Morgan fingerprint density at radius 3 is 2.31 bits per heavy atom. The Hall–Kier alpha value is -2.13. The van der Waals surface area contributed by atoms with Crippen LogP contribution in [0.3, 0.4) is 0 Å². The van der Waals surface area contributed by atoms with Crippen LogP contribution in [0, 0.1) is 0 Å². The van der Waals surface area contributed by atoms with Crippen LogP contribution in [-0.4, -0.2) is 54.5 Å². The average molecular weight is 385 g/mol. The molecule has 3 saturated carbocycles. The van der Waals surface area contributed by atoms with Gasteiger partial charge in [0.1, 0.15) is 6.54 Å². The minimum absolute atomic E-state index is 0.0753. The molecule has 0 aromatic carbocycles. The Labute approximate surface area is 154 Å². The monoisotopic (exact) mass is 384 g/mol. The summed E-state index contributed by atoms with van der Waals surface area (Å²) in [5.41, 5.74) is -2.25. The summed E-state index contributed by atoms with van der Waals surface area (Å²) in [5, 5.41) is 28.9. The highest BCUT2D eigenvalue weighted by Crippen LogP contribution is 2.60. The van der Waals surface area contributed by atoms with Crippen LogP contribution < -0.4 is 10.6 Å². The van der Waals surface area contributed by atoms with Crippen LogP contribution in [0.4, 0.5) is 0 Å². The Morgan fingerprint density at radius 2 is 1.81 bits per heavy atom. The lowest BCUT2D eigenvalue weighted by atomic mass is 9.44. The second-order valence-corrected chi connectivity index (χ2v) is 8.22. The summed E-state index contributed by atoms with van der Waals surface area (Å²) in [7, 11) is 0. The number of carboxylic acids is 1. The van der Waals surface area contributed by atoms with Gasteiger partial charge in [-0.3, -0.25) is 19.1 Å². The first-order valence-electron chi connectivity index (χ1n) is 8.25. The number of amides is 2. The van der Waals surface area contributed by atoms with Crippen LogP contribution >= 0.6 is 11.6 Å². The number of hydrogen-bond acceptors (Lipinski definition) is 5. The molecule has 4 N–H and O–H groups in total. The number of carbonyl (C=O) groups excluding carboxylic acids is 2. The Kier molecular flexibility index (Phi) is 4.48. The van der Waals surface area contributed by atoms with E-state index in [0.29, 0.717) is 24.3 Å². The molecule has 3 fully saturated rings. The summed E-state index contributed by atoms with van der Waals surface area (Å²) < 4.78 is 1.45. The highest BCUT2D eigenvalue weighted by molar-refractivity contribution is 6.30. The molecule has 0 radical (unpaired) electrons. The van der Waals surface area contributed by atoms with Crippen LogP contribution in [0.2, 0.25) is 5.02 Å². The lowest BCUT2D eigenvalue weighted by Crippen LogP contribution is -2.84. The Morgan fingerprint density at radius 1 is 1.23 bits per heavy atom. The van der Waals surface area contributed by atoms with Crippen molar-refractivity contribution in [2.75, 3.05) is 0 Å². The molecule has 0 saturated heterocycles. The minimum Gasteiger partial charge on any atom is -0.481 e. The fraction of sp³-hybridized carbons (Fsp3) is 0.625. The number of carbonyl (C=O) groups is 3. The van der Waals surface area contributed by atoms with Crippen LogP contribution in [0.5, 0.6) is 0 Å².